The highest BCUT2D eigenvalue weighted by atomic mass is 16.6. The maximum Gasteiger partial charge on any atom is 0.358 e. The third-order valence-electron chi connectivity index (χ3n) is 3.41. The fourth-order valence-electron chi connectivity index (χ4n) is 2.22. The van der Waals surface area contributed by atoms with Crippen molar-refractivity contribution >= 4 is 11.7 Å². The molecule has 2 rings (SSSR count). The van der Waals surface area contributed by atoms with Crippen molar-refractivity contribution < 1.29 is 28.9 Å². The number of hydrogen-bond donors (Lipinski definition) is 1. The minimum atomic E-state index is -1.19. The maximum absolute atomic E-state index is 11.4. The SMILES string of the molecule is CON=C(C(=O)O)c1ccccc1COc1cc(OC)ccc1OC. The molecule has 0 heterocycles. The molecule has 132 valence electrons. The summed E-state index contributed by atoms with van der Waals surface area (Å²) in [6.07, 6.45) is 0. The van der Waals surface area contributed by atoms with Crippen LogP contribution < -0.4 is 14.2 Å². The van der Waals surface area contributed by atoms with Crippen molar-refractivity contribution in [2.75, 3.05) is 21.3 Å². The average molecular weight is 345 g/mol. The molecule has 2 aromatic carbocycles. The molecule has 1 N–H and O–H groups in total. The summed E-state index contributed by atoms with van der Waals surface area (Å²) in [6, 6.07) is 12.1. The van der Waals surface area contributed by atoms with Gasteiger partial charge in [-0.1, -0.05) is 29.4 Å². The number of carboxylic acid groups (broad SMARTS) is 1. The summed E-state index contributed by atoms with van der Waals surface area (Å²) in [5.41, 5.74) is 0.864. The van der Waals surface area contributed by atoms with E-state index in [9.17, 15) is 9.90 Å². The van der Waals surface area contributed by atoms with Crippen molar-refractivity contribution in [2.24, 2.45) is 5.16 Å². The highest BCUT2D eigenvalue weighted by Crippen LogP contribution is 2.32. The number of benzene rings is 2. The molecular weight excluding hydrogens is 326 g/mol. The predicted molar refractivity (Wildman–Crippen MR) is 91.5 cm³/mol. The van der Waals surface area contributed by atoms with Crippen LogP contribution in [-0.2, 0) is 16.2 Å². The van der Waals surface area contributed by atoms with Crippen LogP contribution in [0, 0.1) is 0 Å². The standard InChI is InChI=1S/C18H19NO6/c1-22-13-8-9-15(23-2)16(10-13)25-11-12-6-4-5-7-14(12)17(18(20)21)19-24-3/h4-10H,11H2,1-3H3,(H,20,21). The van der Waals surface area contributed by atoms with Gasteiger partial charge in [0, 0.05) is 11.6 Å². The second-order valence-electron chi connectivity index (χ2n) is 4.89. The van der Waals surface area contributed by atoms with E-state index in [-0.39, 0.29) is 12.3 Å². The van der Waals surface area contributed by atoms with E-state index in [0.717, 1.165) is 0 Å². The summed E-state index contributed by atoms with van der Waals surface area (Å²) in [5, 5.41) is 12.9. The number of carboxylic acids is 1. The Bertz CT molecular complexity index is 772. The molecule has 0 aliphatic carbocycles. The molecule has 7 nitrogen and oxygen atoms in total. The monoisotopic (exact) mass is 345 g/mol. The minimum absolute atomic E-state index is 0.121. The number of hydrogen-bond acceptors (Lipinski definition) is 6. The van der Waals surface area contributed by atoms with Gasteiger partial charge in [-0.2, -0.15) is 0 Å². The van der Waals surface area contributed by atoms with Gasteiger partial charge in [-0.3, -0.25) is 0 Å². The number of methoxy groups -OCH3 is 2. The summed E-state index contributed by atoms with van der Waals surface area (Å²) in [7, 11) is 4.39. The highest BCUT2D eigenvalue weighted by Gasteiger charge is 2.18. The largest absolute Gasteiger partial charge is 0.497 e. The molecule has 0 aromatic heterocycles. The molecule has 0 amide bonds. The van der Waals surface area contributed by atoms with Crippen LogP contribution in [0.25, 0.3) is 0 Å². The number of rotatable bonds is 8. The van der Waals surface area contributed by atoms with Crippen LogP contribution in [-0.4, -0.2) is 38.1 Å². The van der Waals surface area contributed by atoms with Gasteiger partial charge >= 0.3 is 5.97 Å². The number of oxime groups is 1. The van der Waals surface area contributed by atoms with Gasteiger partial charge in [0.05, 0.1) is 14.2 Å². The van der Waals surface area contributed by atoms with Crippen molar-refractivity contribution in [1.82, 2.24) is 0 Å². The number of carbonyl (C=O) groups is 1. The van der Waals surface area contributed by atoms with E-state index < -0.39 is 5.97 Å². The molecule has 0 aliphatic rings. The summed E-state index contributed by atoms with van der Waals surface area (Å²) in [6.45, 7) is 0.121. The number of ether oxygens (including phenoxy) is 3. The first-order valence-corrected chi connectivity index (χ1v) is 7.38. The van der Waals surface area contributed by atoms with Gasteiger partial charge in [-0.15, -0.1) is 0 Å². The fourth-order valence-corrected chi connectivity index (χ4v) is 2.22. The number of nitrogens with zero attached hydrogens (tertiary/aromatic N) is 1. The van der Waals surface area contributed by atoms with Crippen molar-refractivity contribution in [3.63, 3.8) is 0 Å². The van der Waals surface area contributed by atoms with Crippen molar-refractivity contribution in [1.29, 1.82) is 0 Å². The maximum atomic E-state index is 11.4. The van der Waals surface area contributed by atoms with Crippen LogP contribution in [0.5, 0.6) is 17.2 Å². The van der Waals surface area contributed by atoms with Gasteiger partial charge in [-0.25, -0.2) is 4.79 Å². The Balaban J connectivity index is 2.31. The topological polar surface area (TPSA) is 86.6 Å². The lowest BCUT2D eigenvalue weighted by molar-refractivity contribution is -0.129. The first-order valence-electron chi connectivity index (χ1n) is 7.38. The molecule has 0 fully saturated rings. The van der Waals surface area contributed by atoms with Gasteiger partial charge in [0.15, 0.2) is 17.2 Å². The first-order chi connectivity index (χ1) is 12.1. The van der Waals surface area contributed by atoms with E-state index in [1.54, 1.807) is 49.6 Å². The lowest BCUT2D eigenvalue weighted by atomic mass is 10.0. The summed E-state index contributed by atoms with van der Waals surface area (Å²) in [4.78, 5) is 16.0. The van der Waals surface area contributed by atoms with E-state index in [1.165, 1.54) is 14.2 Å². The molecule has 0 bridgehead atoms. The van der Waals surface area contributed by atoms with E-state index in [4.69, 9.17) is 14.2 Å². The Labute approximate surface area is 145 Å². The van der Waals surface area contributed by atoms with Crippen LogP contribution in [0.15, 0.2) is 47.6 Å². The van der Waals surface area contributed by atoms with Gasteiger partial charge in [0.2, 0.25) is 0 Å². The second-order valence-corrected chi connectivity index (χ2v) is 4.89. The Morgan fingerprint density at radius 1 is 1.04 bits per heavy atom. The molecule has 0 radical (unpaired) electrons. The first kappa shape index (κ1) is 18.1. The van der Waals surface area contributed by atoms with Crippen LogP contribution in [0.4, 0.5) is 0 Å². The van der Waals surface area contributed by atoms with E-state index >= 15 is 0 Å². The van der Waals surface area contributed by atoms with Crippen molar-refractivity contribution in [3.8, 4) is 17.2 Å². The lowest BCUT2D eigenvalue weighted by Crippen LogP contribution is -2.17. The van der Waals surface area contributed by atoms with E-state index in [0.29, 0.717) is 28.4 Å². The Hall–Kier alpha value is -3.22. The summed E-state index contributed by atoms with van der Waals surface area (Å²) >= 11 is 0. The Morgan fingerprint density at radius 3 is 2.44 bits per heavy atom. The van der Waals surface area contributed by atoms with Crippen molar-refractivity contribution in [2.45, 2.75) is 6.61 Å². The second kappa shape index (κ2) is 8.58. The van der Waals surface area contributed by atoms with Gasteiger partial charge in [0.1, 0.15) is 19.5 Å². The van der Waals surface area contributed by atoms with Crippen LogP contribution >= 0.6 is 0 Å². The zero-order chi connectivity index (χ0) is 18.2. The fraction of sp³-hybridized carbons (Fsp3) is 0.222. The molecule has 2 aromatic rings. The molecule has 0 saturated heterocycles. The van der Waals surface area contributed by atoms with E-state index in [1.807, 2.05) is 0 Å². The molecule has 0 saturated carbocycles. The zero-order valence-electron chi connectivity index (χ0n) is 14.2. The predicted octanol–water partition coefficient (Wildman–Crippen LogP) is 2.72. The highest BCUT2D eigenvalue weighted by molar-refractivity contribution is 6.42. The van der Waals surface area contributed by atoms with Gasteiger partial charge in [-0.05, 0) is 17.7 Å². The molecular formula is C18H19NO6. The van der Waals surface area contributed by atoms with E-state index in [2.05, 4.69) is 9.99 Å². The third-order valence-corrected chi connectivity index (χ3v) is 3.41. The van der Waals surface area contributed by atoms with Gasteiger partial charge < -0.3 is 24.2 Å². The summed E-state index contributed by atoms with van der Waals surface area (Å²) in [5.74, 6) is 0.462. The molecule has 0 unspecified atom stereocenters. The number of aliphatic carboxylic acids is 1. The smallest absolute Gasteiger partial charge is 0.358 e. The molecule has 7 heteroatoms. The van der Waals surface area contributed by atoms with Crippen LogP contribution in [0.1, 0.15) is 11.1 Å². The molecule has 0 atom stereocenters. The minimum Gasteiger partial charge on any atom is -0.497 e. The normalized spacial score (nSPS) is 10.9. The molecule has 25 heavy (non-hydrogen) atoms. The van der Waals surface area contributed by atoms with Crippen LogP contribution in [0.3, 0.4) is 0 Å². The third kappa shape index (κ3) is 4.41. The van der Waals surface area contributed by atoms with Gasteiger partial charge in [0.25, 0.3) is 0 Å². The summed E-state index contributed by atoms with van der Waals surface area (Å²) < 4.78 is 16.3. The Morgan fingerprint density at radius 2 is 1.80 bits per heavy atom. The Kier molecular flexibility index (Phi) is 6.22. The quantitative estimate of drug-likeness (QED) is 0.585. The van der Waals surface area contributed by atoms with Crippen LogP contribution in [0.2, 0.25) is 0 Å². The molecule has 0 aliphatic heterocycles. The molecule has 0 spiro atoms. The zero-order valence-corrected chi connectivity index (χ0v) is 14.2. The lowest BCUT2D eigenvalue weighted by Gasteiger charge is -2.14. The average Bonchev–Trinajstić information content (AvgIpc) is 2.64. The van der Waals surface area contributed by atoms with Crippen molar-refractivity contribution in [3.05, 3.63) is 53.6 Å².